The first kappa shape index (κ1) is 14.4. The van der Waals surface area contributed by atoms with Crippen LogP contribution in [0.4, 0.5) is 0 Å². The van der Waals surface area contributed by atoms with E-state index < -0.39 is 11.4 Å². The number of methoxy groups -OCH3 is 1. The van der Waals surface area contributed by atoms with Crippen molar-refractivity contribution in [1.82, 2.24) is 0 Å². The highest BCUT2D eigenvalue weighted by atomic mass is 16.5. The lowest BCUT2D eigenvalue weighted by atomic mass is 9.77. The molecule has 0 aliphatic rings. The van der Waals surface area contributed by atoms with Gasteiger partial charge in [0.05, 0.1) is 13.5 Å². The van der Waals surface area contributed by atoms with Gasteiger partial charge in [-0.05, 0) is 31.0 Å². The lowest BCUT2D eigenvalue weighted by molar-refractivity contribution is -0.138. The van der Waals surface area contributed by atoms with Crippen molar-refractivity contribution in [2.75, 3.05) is 7.11 Å². The predicted molar refractivity (Wildman–Crippen MR) is 69.4 cm³/mol. The summed E-state index contributed by atoms with van der Waals surface area (Å²) in [7, 11) is 1.48. The van der Waals surface area contributed by atoms with E-state index in [4.69, 9.17) is 9.84 Å². The minimum Gasteiger partial charge on any atom is -0.504 e. The fourth-order valence-corrected chi connectivity index (χ4v) is 2.32. The van der Waals surface area contributed by atoms with Gasteiger partial charge < -0.3 is 14.9 Å². The molecule has 100 valence electrons. The van der Waals surface area contributed by atoms with Crippen molar-refractivity contribution >= 4 is 5.97 Å². The molecule has 0 aliphatic heterocycles. The number of rotatable bonds is 4. The molecule has 0 unspecified atom stereocenters. The van der Waals surface area contributed by atoms with Gasteiger partial charge in [-0.1, -0.05) is 13.8 Å². The molecule has 2 N–H and O–H groups in total. The molecule has 0 spiro atoms. The summed E-state index contributed by atoms with van der Waals surface area (Å²) in [5, 5.41) is 19.2. The average Bonchev–Trinajstić information content (AvgIpc) is 2.21. The van der Waals surface area contributed by atoms with Crippen molar-refractivity contribution in [3.8, 4) is 11.5 Å². The normalized spacial score (nSPS) is 11.4. The maximum atomic E-state index is 10.9. The van der Waals surface area contributed by atoms with Crippen molar-refractivity contribution in [3.05, 3.63) is 22.8 Å². The first-order valence-electron chi connectivity index (χ1n) is 5.80. The number of phenolic OH excluding ortho intramolecular Hbond substituents is 1. The molecule has 18 heavy (non-hydrogen) atoms. The number of phenols is 1. The van der Waals surface area contributed by atoms with Crippen molar-refractivity contribution in [2.24, 2.45) is 0 Å². The zero-order chi connectivity index (χ0) is 14.1. The molecule has 0 amide bonds. The summed E-state index contributed by atoms with van der Waals surface area (Å²) in [6.45, 7) is 7.41. The van der Waals surface area contributed by atoms with E-state index in [2.05, 4.69) is 0 Å². The number of carboxylic acid groups (broad SMARTS) is 1. The Hall–Kier alpha value is -1.71. The molecule has 0 radical (unpaired) electrons. The zero-order valence-electron chi connectivity index (χ0n) is 11.5. The number of ether oxygens (including phenoxy) is 1. The third-order valence-electron chi connectivity index (χ3n) is 3.27. The number of hydrogen-bond donors (Lipinski definition) is 2. The largest absolute Gasteiger partial charge is 0.504 e. The molecule has 4 nitrogen and oxygen atoms in total. The predicted octanol–water partition coefficient (Wildman–Crippen LogP) is 2.77. The molecule has 0 atom stereocenters. The van der Waals surface area contributed by atoms with Crippen LogP contribution in [0.5, 0.6) is 11.5 Å². The monoisotopic (exact) mass is 252 g/mol. The van der Waals surface area contributed by atoms with E-state index >= 15 is 0 Å². The Balaban J connectivity index is 3.47. The number of carboxylic acids is 1. The van der Waals surface area contributed by atoms with Crippen molar-refractivity contribution in [1.29, 1.82) is 0 Å². The van der Waals surface area contributed by atoms with Gasteiger partial charge in [-0.15, -0.1) is 0 Å². The third-order valence-corrected chi connectivity index (χ3v) is 3.27. The second-order valence-electron chi connectivity index (χ2n) is 5.20. The van der Waals surface area contributed by atoms with Gasteiger partial charge >= 0.3 is 5.97 Å². The average molecular weight is 252 g/mol. The minimum absolute atomic E-state index is 0.0341. The Labute approximate surface area is 107 Å². The first-order valence-corrected chi connectivity index (χ1v) is 5.80. The van der Waals surface area contributed by atoms with Gasteiger partial charge in [0, 0.05) is 11.0 Å². The van der Waals surface area contributed by atoms with Gasteiger partial charge in [0.2, 0.25) is 0 Å². The summed E-state index contributed by atoms with van der Waals surface area (Å²) in [6.07, 6.45) is -0.0476. The Morgan fingerprint density at radius 2 is 1.94 bits per heavy atom. The minimum atomic E-state index is -0.890. The smallest absolute Gasteiger partial charge is 0.304 e. The molecule has 1 aromatic carbocycles. The molecule has 0 fully saturated rings. The van der Waals surface area contributed by atoms with Crippen LogP contribution in [-0.4, -0.2) is 23.3 Å². The van der Waals surface area contributed by atoms with Crippen molar-refractivity contribution in [2.45, 2.75) is 39.5 Å². The Morgan fingerprint density at radius 3 is 2.39 bits per heavy atom. The van der Waals surface area contributed by atoms with E-state index in [-0.39, 0.29) is 12.2 Å². The molecule has 0 aromatic heterocycles. The molecule has 1 aromatic rings. The maximum Gasteiger partial charge on any atom is 0.304 e. The van der Waals surface area contributed by atoms with Gasteiger partial charge in [-0.3, -0.25) is 4.79 Å². The van der Waals surface area contributed by atoms with Crippen LogP contribution in [0.1, 0.15) is 37.0 Å². The van der Waals surface area contributed by atoms with E-state index in [0.717, 1.165) is 11.1 Å². The lowest BCUT2D eigenvalue weighted by Gasteiger charge is -2.28. The quantitative estimate of drug-likeness (QED) is 0.864. The summed E-state index contributed by atoms with van der Waals surface area (Å²) in [5.74, 6) is -0.474. The Kier molecular flexibility index (Phi) is 3.89. The summed E-state index contributed by atoms with van der Waals surface area (Å²) >= 11 is 0. The van der Waals surface area contributed by atoms with Crippen LogP contribution in [0.25, 0.3) is 0 Å². The molecule has 0 saturated carbocycles. The van der Waals surface area contributed by atoms with Gasteiger partial charge in [0.25, 0.3) is 0 Å². The van der Waals surface area contributed by atoms with Crippen LogP contribution in [0.15, 0.2) is 6.07 Å². The molecular weight excluding hydrogens is 232 g/mol. The van der Waals surface area contributed by atoms with Gasteiger partial charge in [0.15, 0.2) is 11.5 Å². The first-order chi connectivity index (χ1) is 8.20. The summed E-state index contributed by atoms with van der Waals surface area (Å²) < 4.78 is 5.12. The van der Waals surface area contributed by atoms with E-state index in [1.165, 1.54) is 7.11 Å². The molecule has 1 rings (SSSR count). The number of carbonyl (C=O) groups is 1. The topological polar surface area (TPSA) is 66.8 Å². The number of hydrogen-bond acceptors (Lipinski definition) is 3. The standard InChI is InChI=1S/C14H20O4/c1-8-6-10(18-5)13(17)12(9(8)2)14(3,4)7-11(15)16/h6,17H,7H2,1-5H3,(H,15,16). The van der Waals surface area contributed by atoms with Crippen LogP contribution in [0.2, 0.25) is 0 Å². The van der Waals surface area contributed by atoms with Crippen molar-refractivity contribution in [3.63, 3.8) is 0 Å². The molecular formula is C14H20O4. The number of benzene rings is 1. The van der Waals surface area contributed by atoms with Crippen LogP contribution in [0.3, 0.4) is 0 Å². The van der Waals surface area contributed by atoms with Crippen LogP contribution >= 0.6 is 0 Å². The van der Waals surface area contributed by atoms with Gasteiger partial charge in [-0.25, -0.2) is 0 Å². The number of aliphatic carboxylic acids is 1. The highest BCUT2D eigenvalue weighted by Crippen LogP contribution is 2.42. The summed E-state index contributed by atoms with van der Waals surface area (Å²) in [5.41, 5.74) is 1.86. The SMILES string of the molecule is COc1cc(C)c(C)c(C(C)(C)CC(=O)O)c1O. The maximum absolute atomic E-state index is 10.9. The van der Waals surface area contributed by atoms with E-state index in [1.54, 1.807) is 6.07 Å². The molecule has 0 aliphatic carbocycles. The van der Waals surface area contributed by atoms with Crippen LogP contribution in [0, 0.1) is 13.8 Å². The van der Waals surface area contributed by atoms with Gasteiger partial charge in [0.1, 0.15) is 0 Å². The molecule has 0 saturated heterocycles. The third kappa shape index (κ3) is 2.58. The number of aryl methyl sites for hydroxylation is 1. The fourth-order valence-electron chi connectivity index (χ4n) is 2.32. The van der Waals surface area contributed by atoms with Crippen LogP contribution in [-0.2, 0) is 10.2 Å². The van der Waals surface area contributed by atoms with Gasteiger partial charge in [-0.2, -0.15) is 0 Å². The molecule has 0 bridgehead atoms. The lowest BCUT2D eigenvalue weighted by Crippen LogP contribution is -2.23. The highest BCUT2D eigenvalue weighted by molar-refractivity contribution is 5.70. The van der Waals surface area contributed by atoms with Crippen LogP contribution < -0.4 is 4.74 Å². The number of aromatic hydroxyl groups is 1. The van der Waals surface area contributed by atoms with Crippen molar-refractivity contribution < 1.29 is 19.7 Å². The summed E-state index contributed by atoms with van der Waals surface area (Å²) in [6, 6.07) is 1.75. The molecule has 0 heterocycles. The van der Waals surface area contributed by atoms with E-state index in [9.17, 15) is 9.90 Å². The zero-order valence-corrected chi connectivity index (χ0v) is 11.5. The van der Waals surface area contributed by atoms with E-state index in [0.29, 0.717) is 11.3 Å². The second-order valence-corrected chi connectivity index (χ2v) is 5.20. The second kappa shape index (κ2) is 4.88. The molecule has 4 heteroatoms. The fraction of sp³-hybridized carbons (Fsp3) is 0.500. The Morgan fingerprint density at radius 1 is 1.39 bits per heavy atom. The Bertz CT molecular complexity index is 475. The highest BCUT2D eigenvalue weighted by Gasteiger charge is 2.31. The summed E-state index contributed by atoms with van der Waals surface area (Å²) in [4.78, 5) is 10.9. The van der Waals surface area contributed by atoms with E-state index in [1.807, 2.05) is 27.7 Å².